The molecule has 1 fully saturated rings. The summed E-state index contributed by atoms with van der Waals surface area (Å²) in [7, 11) is 1.97. The van der Waals surface area contributed by atoms with Crippen LogP contribution in [0.5, 0.6) is 0 Å². The Kier molecular flexibility index (Phi) is 4.75. The highest BCUT2D eigenvalue weighted by atomic mass is 16.3. The molecule has 182 valence electrons. The van der Waals surface area contributed by atoms with Crippen LogP contribution in [-0.2, 0) is 13.5 Å². The highest BCUT2D eigenvalue weighted by Crippen LogP contribution is 2.42. The molecule has 3 heterocycles. The van der Waals surface area contributed by atoms with Crippen molar-refractivity contribution >= 4 is 55.3 Å². The number of para-hydroxylation sites is 1. The fraction of sp³-hybridized carbons (Fsp3) is 0.310. The summed E-state index contributed by atoms with van der Waals surface area (Å²) >= 11 is 0. The second kappa shape index (κ2) is 7.91. The lowest BCUT2D eigenvalue weighted by molar-refractivity contribution is 0.0880. The quantitative estimate of drug-likeness (QED) is 0.289. The molecule has 1 saturated carbocycles. The molecule has 7 rings (SSSR count). The first-order chi connectivity index (χ1) is 17.5. The minimum atomic E-state index is -0.333. The average molecular weight is 481 g/mol. The fourth-order valence-electron chi connectivity index (χ4n) is 6.42. The van der Waals surface area contributed by atoms with Crippen LogP contribution in [0.2, 0.25) is 0 Å². The molecule has 7 heteroatoms. The van der Waals surface area contributed by atoms with E-state index in [1.165, 1.54) is 5.56 Å². The Hall–Kier alpha value is -3.68. The van der Waals surface area contributed by atoms with Gasteiger partial charge in [0.1, 0.15) is 0 Å². The molecule has 36 heavy (non-hydrogen) atoms. The molecule has 2 aliphatic rings. The first-order valence-corrected chi connectivity index (χ1v) is 12.8. The van der Waals surface area contributed by atoms with Crippen LogP contribution >= 0.6 is 0 Å². The van der Waals surface area contributed by atoms with Gasteiger partial charge in [0.05, 0.1) is 28.3 Å². The molecule has 7 nitrogen and oxygen atoms in total. The number of nitrogens with one attached hydrogen (secondary N) is 3. The van der Waals surface area contributed by atoms with Gasteiger partial charge in [-0.2, -0.15) is 0 Å². The number of aromatic amines is 1. The van der Waals surface area contributed by atoms with Gasteiger partial charge in [-0.15, -0.1) is 0 Å². The van der Waals surface area contributed by atoms with Gasteiger partial charge in [-0.25, -0.2) is 0 Å². The van der Waals surface area contributed by atoms with Gasteiger partial charge >= 0.3 is 0 Å². The summed E-state index contributed by atoms with van der Waals surface area (Å²) in [4.78, 5) is 29.8. The van der Waals surface area contributed by atoms with Gasteiger partial charge in [-0.05, 0) is 50.3 Å². The van der Waals surface area contributed by atoms with Crippen molar-refractivity contribution in [2.75, 3.05) is 6.54 Å². The van der Waals surface area contributed by atoms with Gasteiger partial charge in [-0.3, -0.25) is 14.9 Å². The Balaban J connectivity index is 1.41. The molecular weight excluding hydrogens is 452 g/mol. The Morgan fingerprint density at radius 1 is 0.944 bits per heavy atom. The van der Waals surface area contributed by atoms with Crippen molar-refractivity contribution < 1.29 is 14.7 Å². The summed E-state index contributed by atoms with van der Waals surface area (Å²) in [6, 6.07) is 12.8. The third-order valence-corrected chi connectivity index (χ3v) is 8.18. The average Bonchev–Trinajstić information content (AvgIpc) is 3.54. The van der Waals surface area contributed by atoms with Crippen LogP contribution in [0.1, 0.15) is 52.0 Å². The van der Waals surface area contributed by atoms with Gasteiger partial charge in [0.2, 0.25) is 0 Å². The van der Waals surface area contributed by atoms with Crippen LogP contribution in [0.3, 0.4) is 0 Å². The molecule has 0 bridgehead atoms. The number of imide groups is 1. The number of aromatic nitrogens is 2. The number of hydrogen-bond acceptors (Lipinski definition) is 4. The maximum Gasteiger partial charge on any atom is 0.259 e. The van der Waals surface area contributed by atoms with Crippen LogP contribution in [-0.4, -0.2) is 45.2 Å². The number of aliphatic hydroxyl groups is 1. The number of benzene rings is 3. The lowest BCUT2D eigenvalue weighted by Gasteiger charge is -2.26. The van der Waals surface area contributed by atoms with E-state index in [1.807, 2.05) is 36.0 Å². The normalized spacial score (nSPS) is 20.2. The van der Waals surface area contributed by atoms with Crippen molar-refractivity contribution in [2.45, 2.75) is 44.2 Å². The standard InChI is InChI=1S/C29H28N4O3/c1-33-14-12-16-5-10-20-22(27(16)33)24-23(28(35)32-29(24)36)21-19-4-2-3-15(25(19)31-26(20)21)11-13-30-17-6-8-18(34)9-7-17/h2-5,10,12,14,17-18,30-31,34H,6-9,11,13H2,1H3,(H,32,35,36). The predicted octanol–water partition coefficient (Wildman–Crippen LogP) is 4.29. The number of H-pyrrole nitrogens is 1. The molecule has 5 aromatic rings. The highest BCUT2D eigenvalue weighted by Gasteiger charge is 2.34. The van der Waals surface area contributed by atoms with E-state index in [-0.39, 0.29) is 17.9 Å². The van der Waals surface area contributed by atoms with E-state index in [4.69, 9.17) is 0 Å². The summed E-state index contributed by atoms with van der Waals surface area (Å²) in [5, 5.41) is 20.6. The molecule has 1 aliphatic heterocycles. The minimum absolute atomic E-state index is 0.152. The summed E-state index contributed by atoms with van der Waals surface area (Å²) in [5.41, 5.74) is 4.99. The Morgan fingerprint density at radius 2 is 1.69 bits per heavy atom. The number of aryl methyl sites for hydroxylation is 1. The number of rotatable bonds is 4. The van der Waals surface area contributed by atoms with Crippen molar-refractivity contribution in [3.8, 4) is 0 Å². The van der Waals surface area contributed by atoms with Gasteiger partial charge in [0.15, 0.2) is 0 Å². The number of fused-ring (bicyclic) bond motifs is 10. The zero-order chi connectivity index (χ0) is 24.6. The number of hydrogen-bond donors (Lipinski definition) is 4. The molecule has 1 aliphatic carbocycles. The zero-order valence-electron chi connectivity index (χ0n) is 20.1. The molecule has 0 spiro atoms. The molecule has 0 saturated heterocycles. The van der Waals surface area contributed by atoms with E-state index >= 15 is 0 Å². The van der Waals surface area contributed by atoms with Crippen LogP contribution in [0.4, 0.5) is 0 Å². The molecular formula is C29H28N4O3. The zero-order valence-corrected chi connectivity index (χ0v) is 20.1. The Morgan fingerprint density at radius 3 is 2.50 bits per heavy atom. The molecule has 2 amide bonds. The summed E-state index contributed by atoms with van der Waals surface area (Å²) in [6.07, 6.45) is 6.42. The maximum atomic E-state index is 13.1. The molecule has 0 unspecified atom stereocenters. The van der Waals surface area contributed by atoms with E-state index in [1.54, 1.807) is 0 Å². The first kappa shape index (κ1) is 21.6. The van der Waals surface area contributed by atoms with E-state index < -0.39 is 0 Å². The SMILES string of the molecule is Cn1ccc2ccc3c4[nH]c5c(CCNC6CCC(O)CC6)cccc5c4c4c(c3c21)C(=O)NC4=O. The Labute approximate surface area is 207 Å². The van der Waals surface area contributed by atoms with Crippen molar-refractivity contribution in [1.82, 2.24) is 20.2 Å². The largest absolute Gasteiger partial charge is 0.393 e. The number of aliphatic hydroxyl groups excluding tert-OH is 1. The predicted molar refractivity (Wildman–Crippen MR) is 142 cm³/mol. The van der Waals surface area contributed by atoms with Gasteiger partial charge < -0.3 is 20.0 Å². The van der Waals surface area contributed by atoms with Crippen LogP contribution in [0.25, 0.3) is 43.5 Å². The Bertz CT molecular complexity index is 1720. The van der Waals surface area contributed by atoms with E-state index in [9.17, 15) is 14.7 Å². The third-order valence-electron chi connectivity index (χ3n) is 8.18. The lowest BCUT2D eigenvalue weighted by Crippen LogP contribution is -2.35. The van der Waals surface area contributed by atoms with Crippen LogP contribution in [0, 0.1) is 0 Å². The number of nitrogens with zero attached hydrogens (tertiary/aromatic N) is 1. The van der Waals surface area contributed by atoms with Gasteiger partial charge in [0, 0.05) is 51.7 Å². The van der Waals surface area contributed by atoms with Crippen LogP contribution in [0.15, 0.2) is 42.6 Å². The van der Waals surface area contributed by atoms with E-state index in [0.29, 0.717) is 17.2 Å². The topological polar surface area (TPSA) is 99.2 Å². The highest BCUT2D eigenvalue weighted by molar-refractivity contribution is 6.39. The molecule has 2 aromatic heterocycles. The minimum Gasteiger partial charge on any atom is -0.393 e. The summed E-state index contributed by atoms with van der Waals surface area (Å²) in [5.74, 6) is -0.663. The van der Waals surface area contributed by atoms with Crippen molar-refractivity contribution in [3.63, 3.8) is 0 Å². The van der Waals surface area contributed by atoms with E-state index in [2.05, 4.69) is 33.8 Å². The number of amides is 2. The van der Waals surface area contributed by atoms with Gasteiger partial charge in [-0.1, -0.05) is 30.3 Å². The van der Waals surface area contributed by atoms with Gasteiger partial charge in [0.25, 0.3) is 11.8 Å². The fourth-order valence-corrected chi connectivity index (χ4v) is 6.42. The number of carbonyl (C=O) groups excluding carboxylic acids is 2. The lowest BCUT2D eigenvalue weighted by atomic mass is 9.93. The van der Waals surface area contributed by atoms with Crippen LogP contribution < -0.4 is 10.6 Å². The number of carbonyl (C=O) groups is 2. The maximum absolute atomic E-state index is 13.1. The monoisotopic (exact) mass is 480 g/mol. The third kappa shape index (κ3) is 3.06. The van der Waals surface area contributed by atoms with Crippen molar-refractivity contribution in [3.05, 3.63) is 59.3 Å². The second-order valence-electron chi connectivity index (χ2n) is 10.3. The molecule has 0 atom stereocenters. The molecule has 4 N–H and O–H groups in total. The van der Waals surface area contributed by atoms with Crippen molar-refractivity contribution in [2.24, 2.45) is 7.05 Å². The summed E-state index contributed by atoms with van der Waals surface area (Å²) in [6.45, 7) is 0.844. The second-order valence-corrected chi connectivity index (χ2v) is 10.3. The van der Waals surface area contributed by atoms with E-state index in [0.717, 1.165) is 82.1 Å². The van der Waals surface area contributed by atoms with Crippen molar-refractivity contribution in [1.29, 1.82) is 0 Å². The smallest absolute Gasteiger partial charge is 0.259 e. The summed E-state index contributed by atoms with van der Waals surface area (Å²) < 4.78 is 2.02. The first-order valence-electron chi connectivity index (χ1n) is 12.8. The molecule has 3 aromatic carbocycles. The molecule has 0 radical (unpaired) electrons.